The highest BCUT2D eigenvalue weighted by molar-refractivity contribution is 5.58. The summed E-state index contributed by atoms with van der Waals surface area (Å²) in [6.07, 6.45) is 0. The van der Waals surface area contributed by atoms with E-state index in [4.69, 9.17) is 5.73 Å². The standard InChI is InChI=1S/C13H15N5/c1-8-4-3-5-10(6-8)12-16-13-15-9(2)11(7-14)18(13)17-12/h3-6H,7,14H2,1-2H3,(H,15,16,17). The predicted octanol–water partition coefficient (Wildman–Crippen LogP) is 1.80. The van der Waals surface area contributed by atoms with Gasteiger partial charge in [0.15, 0.2) is 5.82 Å². The maximum Gasteiger partial charge on any atom is 0.251 e. The van der Waals surface area contributed by atoms with Gasteiger partial charge in [-0.1, -0.05) is 23.8 Å². The molecule has 0 aliphatic heterocycles. The van der Waals surface area contributed by atoms with Gasteiger partial charge in [-0.2, -0.15) is 4.98 Å². The van der Waals surface area contributed by atoms with Crippen molar-refractivity contribution in [2.24, 2.45) is 5.73 Å². The van der Waals surface area contributed by atoms with Gasteiger partial charge < -0.3 is 5.73 Å². The van der Waals surface area contributed by atoms with Crippen LogP contribution in [0.1, 0.15) is 17.0 Å². The van der Waals surface area contributed by atoms with Crippen molar-refractivity contribution in [1.82, 2.24) is 19.6 Å². The van der Waals surface area contributed by atoms with Crippen LogP contribution in [0.25, 0.3) is 17.2 Å². The molecule has 3 aromatic rings. The number of rotatable bonds is 2. The van der Waals surface area contributed by atoms with Gasteiger partial charge in [-0.05, 0) is 19.9 Å². The van der Waals surface area contributed by atoms with Crippen molar-refractivity contribution in [1.29, 1.82) is 0 Å². The summed E-state index contributed by atoms with van der Waals surface area (Å²) in [5.41, 5.74) is 9.88. The van der Waals surface area contributed by atoms with Crippen LogP contribution in [0.4, 0.5) is 0 Å². The highest BCUT2D eigenvalue weighted by atomic mass is 15.3. The molecule has 0 fully saturated rings. The van der Waals surface area contributed by atoms with E-state index in [-0.39, 0.29) is 0 Å². The number of aromatic nitrogens is 4. The molecular formula is C13H15N5. The lowest BCUT2D eigenvalue weighted by Gasteiger charge is -1.98. The Bertz CT molecular complexity index is 707. The summed E-state index contributed by atoms with van der Waals surface area (Å²) in [7, 11) is 0. The van der Waals surface area contributed by atoms with Crippen molar-refractivity contribution < 1.29 is 0 Å². The molecule has 0 atom stereocenters. The molecule has 0 spiro atoms. The number of nitrogens with zero attached hydrogens (tertiary/aromatic N) is 3. The zero-order valence-corrected chi connectivity index (χ0v) is 10.4. The minimum Gasteiger partial charge on any atom is -0.325 e. The summed E-state index contributed by atoms with van der Waals surface area (Å²) in [6, 6.07) is 8.20. The Hall–Kier alpha value is -2.14. The summed E-state index contributed by atoms with van der Waals surface area (Å²) in [4.78, 5) is 8.89. The molecule has 0 aliphatic carbocycles. The van der Waals surface area contributed by atoms with Gasteiger partial charge in [-0.25, -0.2) is 9.50 Å². The van der Waals surface area contributed by atoms with E-state index >= 15 is 0 Å². The van der Waals surface area contributed by atoms with Crippen LogP contribution in [0.3, 0.4) is 0 Å². The topological polar surface area (TPSA) is 72.0 Å². The molecule has 92 valence electrons. The Balaban J connectivity index is 2.17. The zero-order valence-electron chi connectivity index (χ0n) is 10.4. The third-order valence-electron chi connectivity index (χ3n) is 3.07. The van der Waals surface area contributed by atoms with Gasteiger partial charge in [-0.15, -0.1) is 0 Å². The van der Waals surface area contributed by atoms with Crippen LogP contribution >= 0.6 is 0 Å². The number of benzene rings is 1. The molecule has 5 nitrogen and oxygen atoms in total. The number of imidazole rings is 1. The van der Waals surface area contributed by atoms with Crippen molar-refractivity contribution >= 4 is 5.78 Å². The summed E-state index contributed by atoms with van der Waals surface area (Å²) < 4.78 is 1.85. The molecule has 0 amide bonds. The fourth-order valence-corrected chi connectivity index (χ4v) is 2.13. The normalized spacial score (nSPS) is 11.3. The predicted molar refractivity (Wildman–Crippen MR) is 70.1 cm³/mol. The number of hydrogen-bond acceptors (Lipinski definition) is 3. The van der Waals surface area contributed by atoms with Crippen LogP contribution in [0.15, 0.2) is 24.3 Å². The van der Waals surface area contributed by atoms with Crippen molar-refractivity contribution in [3.63, 3.8) is 0 Å². The third kappa shape index (κ3) is 1.60. The number of aromatic amines is 1. The average molecular weight is 241 g/mol. The van der Waals surface area contributed by atoms with Crippen LogP contribution in [0, 0.1) is 13.8 Å². The third-order valence-corrected chi connectivity index (χ3v) is 3.07. The number of fused-ring (bicyclic) bond motifs is 1. The maximum absolute atomic E-state index is 5.72. The Morgan fingerprint density at radius 2 is 2.11 bits per heavy atom. The lowest BCUT2D eigenvalue weighted by Crippen LogP contribution is -2.03. The molecule has 2 aromatic heterocycles. The Morgan fingerprint density at radius 3 is 2.83 bits per heavy atom. The van der Waals surface area contributed by atoms with Crippen LogP contribution < -0.4 is 5.73 Å². The SMILES string of the molecule is Cc1cccc(-c2nc3nc(C)c(CN)n3[nH]2)c1. The van der Waals surface area contributed by atoms with Gasteiger partial charge in [0, 0.05) is 12.1 Å². The highest BCUT2D eigenvalue weighted by Gasteiger charge is 2.12. The monoisotopic (exact) mass is 241 g/mol. The minimum absolute atomic E-state index is 0.447. The second-order valence-electron chi connectivity index (χ2n) is 4.43. The largest absolute Gasteiger partial charge is 0.325 e. The fourth-order valence-electron chi connectivity index (χ4n) is 2.13. The molecule has 1 aromatic carbocycles. The smallest absolute Gasteiger partial charge is 0.251 e. The van der Waals surface area contributed by atoms with Gasteiger partial charge in [0.25, 0.3) is 5.78 Å². The van der Waals surface area contributed by atoms with Crippen molar-refractivity contribution in [2.45, 2.75) is 20.4 Å². The number of hydrogen-bond donors (Lipinski definition) is 2. The number of nitrogens with two attached hydrogens (primary N) is 1. The molecule has 3 rings (SSSR count). The average Bonchev–Trinajstić information content (AvgIpc) is 2.85. The first-order chi connectivity index (χ1) is 8.69. The first-order valence-corrected chi connectivity index (χ1v) is 5.90. The molecule has 0 unspecified atom stereocenters. The number of nitrogens with one attached hydrogen (secondary N) is 1. The zero-order chi connectivity index (χ0) is 12.7. The molecule has 0 radical (unpaired) electrons. The van der Waals surface area contributed by atoms with Gasteiger partial charge in [0.05, 0.1) is 11.4 Å². The van der Waals surface area contributed by atoms with Gasteiger partial charge in [0.2, 0.25) is 0 Å². The number of aryl methyl sites for hydroxylation is 2. The van der Waals surface area contributed by atoms with E-state index in [2.05, 4.69) is 34.1 Å². The van der Waals surface area contributed by atoms with E-state index in [1.165, 1.54) is 5.56 Å². The molecule has 0 saturated heterocycles. The summed E-state index contributed by atoms with van der Waals surface area (Å²) >= 11 is 0. The van der Waals surface area contributed by atoms with E-state index in [0.717, 1.165) is 22.8 Å². The van der Waals surface area contributed by atoms with Crippen LogP contribution in [-0.4, -0.2) is 19.6 Å². The second kappa shape index (κ2) is 3.96. The first kappa shape index (κ1) is 11.0. The van der Waals surface area contributed by atoms with Crippen LogP contribution in [0.2, 0.25) is 0 Å². The number of H-pyrrole nitrogens is 1. The van der Waals surface area contributed by atoms with E-state index in [1.807, 2.05) is 23.6 Å². The maximum atomic E-state index is 5.72. The first-order valence-electron chi connectivity index (χ1n) is 5.90. The van der Waals surface area contributed by atoms with E-state index in [9.17, 15) is 0 Å². The Labute approximate surface area is 105 Å². The van der Waals surface area contributed by atoms with Crippen LogP contribution in [0.5, 0.6) is 0 Å². The Morgan fingerprint density at radius 1 is 1.28 bits per heavy atom. The van der Waals surface area contributed by atoms with Crippen LogP contribution in [-0.2, 0) is 6.54 Å². The Kier molecular flexibility index (Phi) is 2.41. The molecule has 2 heterocycles. The highest BCUT2D eigenvalue weighted by Crippen LogP contribution is 2.19. The quantitative estimate of drug-likeness (QED) is 0.718. The van der Waals surface area contributed by atoms with Crippen molar-refractivity contribution in [3.05, 3.63) is 41.2 Å². The minimum atomic E-state index is 0.447. The lowest BCUT2D eigenvalue weighted by atomic mass is 10.1. The molecule has 18 heavy (non-hydrogen) atoms. The lowest BCUT2D eigenvalue weighted by molar-refractivity contribution is 0.859. The summed E-state index contributed by atoms with van der Waals surface area (Å²) in [5.74, 6) is 1.49. The molecular weight excluding hydrogens is 226 g/mol. The van der Waals surface area contributed by atoms with Crippen molar-refractivity contribution in [3.8, 4) is 11.4 Å². The molecule has 0 saturated carbocycles. The second-order valence-corrected chi connectivity index (χ2v) is 4.43. The van der Waals surface area contributed by atoms with E-state index < -0.39 is 0 Å². The summed E-state index contributed by atoms with van der Waals surface area (Å²) in [5, 5.41) is 3.24. The molecule has 0 bridgehead atoms. The molecule has 5 heteroatoms. The van der Waals surface area contributed by atoms with Gasteiger partial charge in [0.1, 0.15) is 0 Å². The molecule has 3 N–H and O–H groups in total. The van der Waals surface area contributed by atoms with Gasteiger partial charge in [-0.3, -0.25) is 5.10 Å². The van der Waals surface area contributed by atoms with E-state index in [0.29, 0.717) is 12.3 Å². The summed E-state index contributed by atoms with van der Waals surface area (Å²) in [6.45, 7) is 4.45. The van der Waals surface area contributed by atoms with Gasteiger partial charge >= 0.3 is 0 Å². The van der Waals surface area contributed by atoms with E-state index in [1.54, 1.807) is 0 Å². The fraction of sp³-hybridized carbons (Fsp3) is 0.231. The van der Waals surface area contributed by atoms with Crippen molar-refractivity contribution in [2.75, 3.05) is 0 Å². The molecule has 0 aliphatic rings.